The number of carbonyl (C=O) groups excluding carboxylic acids is 1. The van der Waals surface area contributed by atoms with Crippen LogP contribution in [-0.4, -0.2) is 17.4 Å². The van der Waals surface area contributed by atoms with E-state index in [1.54, 1.807) is 18.2 Å². The average Bonchev–Trinajstić information content (AvgIpc) is 2.18. The van der Waals surface area contributed by atoms with Crippen LogP contribution < -0.4 is 11.1 Å². The average molecular weight is 189 g/mol. The standard InChI is InChI=1S/C10H11N3O/c1-2-3-7-12-10(14)8-5-4-6-9(11)13-8/h1,4-6H,3,7H2,(H2,11,13)(H,12,14). The first-order chi connectivity index (χ1) is 6.74. The molecule has 0 aliphatic carbocycles. The topological polar surface area (TPSA) is 68.0 Å². The van der Waals surface area contributed by atoms with E-state index in [1.807, 2.05) is 0 Å². The highest BCUT2D eigenvalue weighted by molar-refractivity contribution is 5.92. The van der Waals surface area contributed by atoms with E-state index in [-0.39, 0.29) is 5.91 Å². The fourth-order valence-corrected chi connectivity index (χ4v) is 0.917. The van der Waals surface area contributed by atoms with Crippen LogP contribution in [0, 0.1) is 12.3 Å². The summed E-state index contributed by atoms with van der Waals surface area (Å²) in [6.45, 7) is 0.450. The van der Waals surface area contributed by atoms with Crippen LogP contribution in [0.2, 0.25) is 0 Å². The zero-order chi connectivity index (χ0) is 10.4. The van der Waals surface area contributed by atoms with Gasteiger partial charge in [-0.3, -0.25) is 4.79 Å². The van der Waals surface area contributed by atoms with Gasteiger partial charge in [0, 0.05) is 13.0 Å². The molecule has 0 saturated carbocycles. The molecule has 0 spiro atoms. The lowest BCUT2D eigenvalue weighted by atomic mass is 10.3. The van der Waals surface area contributed by atoms with Crippen molar-refractivity contribution >= 4 is 11.7 Å². The molecule has 14 heavy (non-hydrogen) atoms. The molecule has 0 saturated heterocycles. The Kier molecular flexibility index (Phi) is 3.50. The van der Waals surface area contributed by atoms with Crippen LogP contribution in [0.3, 0.4) is 0 Å². The van der Waals surface area contributed by atoms with E-state index in [0.29, 0.717) is 24.5 Å². The number of terminal acetylenes is 1. The number of hydrogen-bond acceptors (Lipinski definition) is 3. The third-order valence-corrected chi connectivity index (χ3v) is 1.56. The first kappa shape index (κ1) is 10.1. The fourth-order valence-electron chi connectivity index (χ4n) is 0.917. The quantitative estimate of drug-likeness (QED) is 0.534. The molecule has 0 unspecified atom stereocenters. The SMILES string of the molecule is C#CCCNC(=O)c1cccc(N)n1. The summed E-state index contributed by atoms with van der Waals surface area (Å²) in [4.78, 5) is 15.2. The minimum atomic E-state index is -0.257. The number of carbonyl (C=O) groups is 1. The largest absolute Gasteiger partial charge is 0.384 e. The first-order valence-corrected chi connectivity index (χ1v) is 4.18. The predicted octanol–water partition coefficient (Wildman–Crippen LogP) is 0.417. The van der Waals surface area contributed by atoms with Gasteiger partial charge in [-0.2, -0.15) is 0 Å². The molecule has 1 amide bonds. The highest BCUT2D eigenvalue weighted by Crippen LogP contribution is 1.99. The van der Waals surface area contributed by atoms with Gasteiger partial charge in [-0.1, -0.05) is 6.07 Å². The Morgan fingerprint density at radius 1 is 1.64 bits per heavy atom. The molecule has 0 bridgehead atoms. The maximum Gasteiger partial charge on any atom is 0.269 e. The van der Waals surface area contributed by atoms with Crippen molar-refractivity contribution in [2.45, 2.75) is 6.42 Å². The number of nitrogens with zero attached hydrogens (tertiary/aromatic N) is 1. The normalized spacial score (nSPS) is 9.07. The number of anilines is 1. The molecule has 1 aromatic rings. The highest BCUT2D eigenvalue weighted by atomic mass is 16.1. The fraction of sp³-hybridized carbons (Fsp3) is 0.200. The Balaban J connectivity index is 2.57. The number of nitrogens with one attached hydrogen (secondary N) is 1. The van der Waals surface area contributed by atoms with Crippen LogP contribution in [-0.2, 0) is 0 Å². The Bertz CT molecular complexity index is 368. The Labute approximate surface area is 82.5 Å². The van der Waals surface area contributed by atoms with E-state index in [2.05, 4.69) is 16.2 Å². The molecule has 0 atom stereocenters. The summed E-state index contributed by atoms with van der Waals surface area (Å²) in [5.41, 5.74) is 5.74. The van der Waals surface area contributed by atoms with Gasteiger partial charge in [0.2, 0.25) is 0 Å². The van der Waals surface area contributed by atoms with Crippen LogP contribution in [0.25, 0.3) is 0 Å². The lowest BCUT2D eigenvalue weighted by molar-refractivity contribution is 0.0949. The van der Waals surface area contributed by atoms with E-state index in [4.69, 9.17) is 12.2 Å². The van der Waals surface area contributed by atoms with Crippen molar-refractivity contribution in [2.24, 2.45) is 0 Å². The van der Waals surface area contributed by atoms with E-state index in [0.717, 1.165) is 0 Å². The monoisotopic (exact) mass is 189 g/mol. The minimum Gasteiger partial charge on any atom is -0.384 e. The number of nitrogens with two attached hydrogens (primary N) is 1. The Morgan fingerprint density at radius 3 is 3.07 bits per heavy atom. The highest BCUT2D eigenvalue weighted by Gasteiger charge is 2.05. The molecule has 0 radical (unpaired) electrons. The molecule has 0 aliphatic heterocycles. The second-order valence-corrected chi connectivity index (χ2v) is 2.66. The zero-order valence-electron chi connectivity index (χ0n) is 7.66. The summed E-state index contributed by atoms with van der Waals surface area (Å²) in [5.74, 6) is 2.50. The van der Waals surface area contributed by atoms with Crippen molar-refractivity contribution in [1.82, 2.24) is 10.3 Å². The van der Waals surface area contributed by atoms with Crippen LogP contribution in [0.4, 0.5) is 5.82 Å². The molecule has 1 aromatic heterocycles. The van der Waals surface area contributed by atoms with Crippen molar-refractivity contribution in [2.75, 3.05) is 12.3 Å². The number of rotatable bonds is 3. The van der Waals surface area contributed by atoms with Gasteiger partial charge >= 0.3 is 0 Å². The molecular weight excluding hydrogens is 178 g/mol. The zero-order valence-corrected chi connectivity index (χ0v) is 7.66. The summed E-state index contributed by atoms with van der Waals surface area (Å²) >= 11 is 0. The summed E-state index contributed by atoms with van der Waals surface area (Å²) in [6.07, 6.45) is 5.55. The third-order valence-electron chi connectivity index (χ3n) is 1.56. The predicted molar refractivity (Wildman–Crippen MR) is 54.4 cm³/mol. The molecule has 72 valence electrons. The summed E-state index contributed by atoms with van der Waals surface area (Å²) in [7, 11) is 0. The maximum atomic E-state index is 11.4. The van der Waals surface area contributed by atoms with Gasteiger partial charge in [-0.15, -0.1) is 12.3 Å². The molecule has 4 heteroatoms. The minimum absolute atomic E-state index is 0.257. The second kappa shape index (κ2) is 4.87. The molecular formula is C10H11N3O. The van der Waals surface area contributed by atoms with Crippen molar-refractivity contribution in [3.8, 4) is 12.3 Å². The lowest BCUT2D eigenvalue weighted by Gasteiger charge is -2.02. The van der Waals surface area contributed by atoms with Crippen LogP contribution >= 0.6 is 0 Å². The third kappa shape index (κ3) is 2.79. The van der Waals surface area contributed by atoms with Gasteiger partial charge in [0.1, 0.15) is 11.5 Å². The first-order valence-electron chi connectivity index (χ1n) is 4.18. The van der Waals surface area contributed by atoms with Crippen LogP contribution in [0.5, 0.6) is 0 Å². The van der Waals surface area contributed by atoms with Gasteiger partial charge in [0.25, 0.3) is 5.91 Å². The van der Waals surface area contributed by atoms with Crippen molar-refractivity contribution in [1.29, 1.82) is 0 Å². The number of pyridine rings is 1. The van der Waals surface area contributed by atoms with Crippen molar-refractivity contribution in [3.63, 3.8) is 0 Å². The summed E-state index contributed by atoms with van der Waals surface area (Å²) in [6, 6.07) is 4.90. The van der Waals surface area contributed by atoms with Gasteiger partial charge < -0.3 is 11.1 Å². The molecule has 0 aliphatic rings. The molecule has 1 heterocycles. The van der Waals surface area contributed by atoms with E-state index >= 15 is 0 Å². The number of amides is 1. The van der Waals surface area contributed by atoms with E-state index in [1.165, 1.54) is 0 Å². The Morgan fingerprint density at radius 2 is 2.43 bits per heavy atom. The molecule has 0 fully saturated rings. The van der Waals surface area contributed by atoms with Crippen LogP contribution in [0.1, 0.15) is 16.9 Å². The van der Waals surface area contributed by atoms with Crippen molar-refractivity contribution in [3.05, 3.63) is 23.9 Å². The molecule has 0 aromatic carbocycles. The molecule has 1 rings (SSSR count). The van der Waals surface area contributed by atoms with Gasteiger partial charge in [-0.05, 0) is 12.1 Å². The number of nitrogen functional groups attached to an aromatic ring is 1. The van der Waals surface area contributed by atoms with E-state index in [9.17, 15) is 4.79 Å². The number of aromatic nitrogens is 1. The number of hydrogen-bond donors (Lipinski definition) is 2. The van der Waals surface area contributed by atoms with Gasteiger partial charge in [-0.25, -0.2) is 4.98 Å². The summed E-state index contributed by atoms with van der Waals surface area (Å²) < 4.78 is 0. The smallest absolute Gasteiger partial charge is 0.269 e. The molecule has 4 nitrogen and oxygen atoms in total. The van der Waals surface area contributed by atoms with Crippen molar-refractivity contribution < 1.29 is 4.79 Å². The Hall–Kier alpha value is -2.02. The maximum absolute atomic E-state index is 11.4. The van der Waals surface area contributed by atoms with Crippen LogP contribution in [0.15, 0.2) is 18.2 Å². The lowest BCUT2D eigenvalue weighted by Crippen LogP contribution is -2.25. The van der Waals surface area contributed by atoms with E-state index < -0.39 is 0 Å². The molecule has 3 N–H and O–H groups in total. The second-order valence-electron chi connectivity index (χ2n) is 2.66. The van der Waals surface area contributed by atoms with Gasteiger partial charge in [0.05, 0.1) is 0 Å². The van der Waals surface area contributed by atoms with Gasteiger partial charge in [0.15, 0.2) is 0 Å². The summed E-state index contributed by atoms with van der Waals surface area (Å²) in [5, 5.41) is 2.63.